The number of hydrogen-bond acceptors (Lipinski definition) is 2. The van der Waals surface area contributed by atoms with E-state index in [2.05, 4.69) is 43.4 Å². The Bertz CT molecular complexity index is 927. The lowest BCUT2D eigenvalue weighted by atomic mass is 9.87. The van der Waals surface area contributed by atoms with Gasteiger partial charge in [0, 0.05) is 24.3 Å². The van der Waals surface area contributed by atoms with Crippen molar-refractivity contribution in [1.29, 1.82) is 0 Å². The summed E-state index contributed by atoms with van der Waals surface area (Å²) in [4.78, 5) is 13.1. The topological polar surface area (TPSA) is 38.3 Å². The second kappa shape index (κ2) is 8.12. The lowest BCUT2D eigenvalue weighted by molar-refractivity contribution is -0.122. The molecule has 1 amide bonds. The minimum Gasteiger partial charge on any atom is -0.487 e. The van der Waals surface area contributed by atoms with E-state index < -0.39 is 0 Å². The van der Waals surface area contributed by atoms with Gasteiger partial charge in [-0.3, -0.25) is 4.79 Å². The van der Waals surface area contributed by atoms with Crippen LogP contribution < -0.4 is 10.1 Å². The highest BCUT2D eigenvalue weighted by Crippen LogP contribution is 2.39. The summed E-state index contributed by atoms with van der Waals surface area (Å²) in [6.07, 6.45) is 1.16. The van der Waals surface area contributed by atoms with E-state index in [-0.39, 0.29) is 23.5 Å². The van der Waals surface area contributed by atoms with Crippen molar-refractivity contribution in [2.45, 2.75) is 44.2 Å². The zero-order valence-corrected chi connectivity index (χ0v) is 17.0. The quantitative estimate of drug-likeness (QED) is 0.618. The maximum atomic E-state index is 13.1. The van der Waals surface area contributed by atoms with Gasteiger partial charge in [0.05, 0.1) is 6.04 Å². The van der Waals surface area contributed by atoms with Gasteiger partial charge in [0.15, 0.2) is 0 Å². The zero-order valence-electron chi connectivity index (χ0n) is 17.0. The van der Waals surface area contributed by atoms with Gasteiger partial charge in [-0.05, 0) is 31.0 Å². The Morgan fingerprint density at radius 2 is 1.48 bits per heavy atom. The number of hydrogen-bond donors (Lipinski definition) is 1. The van der Waals surface area contributed by atoms with Crippen LogP contribution in [0.25, 0.3) is 0 Å². The molecule has 1 aliphatic heterocycles. The minimum atomic E-state index is -0.315. The van der Waals surface area contributed by atoms with Gasteiger partial charge < -0.3 is 10.1 Å². The smallest absolute Gasteiger partial charge is 0.221 e. The molecular weight excluding hydrogens is 358 g/mol. The molecule has 1 aliphatic rings. The minimum absolute atomic E-state index is 0.0282. The number of fused-ring (bicyclic) bond motifs is 1. The van der Waals surface area contributed by atoms with Gasteiger partial charge in [0.1, 0.15) is 11.4 Å². The first kappa shape index (κ1) is 19.3. The van der Waals surface area contributed by atoms with E-state index in [0.29, 0.717) is 6.42 Å². The van der Waals surface area contributed by atoms with Crippen molar-refractivity contribution in [3.8, 4) is 5.75 Å². The highest BCUT2D eigenvalue weighted by atomic mass is 16.5. The Morgan fingerprint density at radius 1 is 0.931 bits per heavy atom. The monoisotopic (exact) mass is 385 g/mol. The van der Waals surface area contributed by atoms with E-state index >= 15 is 0 Å². The maximum absolute atomic E-state index is 13.1. The van der Waals surface area contributed by atoms with E-state index in [0.717, 1.165) is 28.9 Å². The molecule has 0 saturated heterocycles. The highest BCUT2D eigenvalue weighted by molar-refractivity contribution is 5.78. The van der Waals surface area contributed by atoms with Gasteiger partial charge in [-0.25, -0.2) is 0 Å². The van der Waals surface area contributed by atoms with Crippen LogP contribution in [0.2, 0.25) is 0 Å². The van der Waals surface area contributed by atoms with Crippen LogP contribution in [0.3, 0.4) is 0 Å². The lowest BCUT2D eigenvalue weighted by Crippen LogP contribution is -2.41. The molecule has 3 aromatic carbocycles. The van der Waals surface area contributed by atoms with Crippen LogP contribution in [0.1, 0.15) is 55.3 Å². The largest absolute Gasteiger partial charge is 0.487 e. The molecule has 1 heterocycles. The van der Waals surface area contributed by atoms with Crippen molar-refractivity contribution < 1.29 is 9.53 Å². The molecule has 4 rings (SSSR count). The van der Waals surface area contributed by atoms with Gasteiger partial charge in [-0.1, -0.05) is 78.9 Å². The fraction of sp³-hybridized carbons (Fsp3) is 0.269. The van der Waals surface area contributed by atoms with Crippen molar-refractivity contribution >= 4 is 5.91 Å². The molecule has 0 saturated carbocycles. The second-order valence-electron chi connectivity index (χ2n) is 8.30. The molecular formula is C26H27NO2. The normalized spacial score (nSPS) is 17.3. The van der Waals surface area contributed by atoms with Crippen molar-refractivity contribution in [2.24, 2.45) is 0 Å². The fourth-order valence-electron chi connectivity index (χ4n) is 4.17. The summed E-state index contributed by atoms with van der Waals surface area (Å²) in [6.45, 7) is 4.14. The van der Waals surface area contributed by atoms with Crippen molar-refractivity contribution in [1.82, 2.24) is 5.32 Å². The number of amides is 1. The van der Waals surface area contributed by atoms with E-state index in [1.807, 2.05) is 60.7 Å². The molecule has 1 atom stereocenters. The zero-order chi connectivity index (χ0) is 20.3. The van der Waals surface area contributed by atoms with Crippen LogP contribution in [0.4, 0.5) is 0 Å². The Labute approximate surface area is 172 Å². The highest BCUT2D eigenvalue weighted by Gasteiger charge is 2.34. The Balaban J connectivity index is 1.56. The Kier molecular flexibility index (Phi) is 5.39. The molecule has 0 spiro atoms. The molecule has 0 aliphatic carbocycles. The Hall–Kier alpha value is -3.07. The third-order valence-electron chi connectivity index (χ3n) is 5.51. The van der Waals surface area contributed by atoms with Crippen LogP contribution in [-0.2, 0) is 4.79 Å². The SMILES string of the molecule is CC1(C)C[C@@H](NC(=O)CC(c2ccccc2)c2ccccc2)c2ccccc2O1. The lowest BCUT2D eigenvalue weighted by Gasteiger charge is -2.38. The Morgan fingerprint density at radius 3 is 2.10 bits per heavy atom. The van der Waals surface area contributed by atoms with Gasteiger partial charge in [0.25, 0.3) is 0 Å². The van der Waals surface area contributed by atoms with Gasteiger partial charge in [-0.15, -0.1) is 0 Å². The average molecular weight is 386 g/mol. The van der Waals surface area contributed by atoms with Crippen molar-refractivity contribution in [3.05, 3.63) is 102 Å². The molecule has 0 bridgehead atoms. The fourth-order valence-corrected chi connectivity index (χ4v) is 4.17. The van der Waals surface area contributed by atoms with Crippen LogP contribution >= 0.6 is 0 Å². The third-order valence-corrected chi connectivity index (χ3v) is 5.51. The van der Waals surface area contributed by atoms with Crippen LogP contribution in [-0.4, -0.2) is 11.5 Å². The van der Waals surface area contributed by atoms with E-state index in [4.69, 9.17) is 4.74 Å². The summed E-state index contributed by atoms with van der Waals surface area (Å²) in [7, 11) is 0. The molecule has 0 aromatic heterocycles. The van der Waals surface area contributed by atoms with Crippen LogP contribution in [0.5, 0.6) is 5.75 Å². The molecule has 148 valence electrons. The number of carbonyl (C=O) groups is 1. The summed E-state index contributed by atoms with van der Waals surface area (Å²) in [5.41, 5.74) is 3.05. The molecule has 0 unspecified atom stereocenters. The van der Waals surface area contributed by atoms with Crippen LogP contribution in [0, 0.1) is 0 Å². The molecule has 3 aromatic rings. The van der Waals surface area contributed by atoms with E-state index in [1.165, 1.54) is 0 Å². The van der Waals surface area contributed by atoms with Gasteiger partial charge >= 0.3 is 0 Å². The van der Waals surface area contributed by atoms with Gasteiger partial charge in [0.2, 0.25) is 5.91 Å². The number of rotatable bonds is 5. The van der Waals surface area contributed by atoms with E-state index in [9.17, 15) is 4.79 Å². The maximum Gasteiger partial charge on any atom is 0.221 e. The van der Waals surface area contributed by atoms with E-state index in [1.54, 1.807) is 0 Å². The average Bonchev–Trinajstić information content (AvgIpc) is 2.72. The van der Waals surface area contributed by atoms with Crippen molar-refractivity contribution in [3.63, 3.8) is 0 Å². The first-order chi connectivity index (χ1) is 14.0. The third kappa shape index (κ3) is 4.51. The molecule has 0 fully saturated rings. The standard InChI is InChI=1S/C26H27NO2/c1-26(2)18-23(21-15-9-10-16-24(21)29-26)27-25(28)17-22(19-11-5-3-6-12-19)20-13-7-4-8-14-20/h3-16,22-23H,17-18H2,1-2H3,(H,27,28)/t23-/m1/s1. The molecule has 3 heteroatoms. The molecule has 3 nitrogen and oxygen atoms in total. The molecule has 0 radical (unpaired) electrons. The van der Waals surface area contributed by atoms with Crippen molar-refractivity contribution in [2.75, 3.05) is 0 Å². The summed E-state index contributed by atoms with van der Waals surface area (Å²) in [6, 6.07) is 28.4. The number of carbonyl (C=O) groups excluding carboxylic acids is 1. The summed E-state index contributed by atoms with van der Waals surface area (Å²) in [5, 5.41) is 3.28. The van der Waals surface area contributed by atoms with Crippen LogP contribution in [0.15, 0.2) is 84.9 Å². The molecule has 29 heavy (non-hydrogen) atoms. The molecule has 1 N–H and O–H groups in total. The first-order valence-corrected chi connectivity index (χ1v) is 10.2. The summed E-state index contributed by atoms with van der Waals surface area (Å²) < 4.78 is 6.10. The summed E-state index contributed by atoms with van der Waals surface area (Å²) in [5.74, 6) is 0.942. The van der Waals surface area contributed by atoms with Gasteiger partial charge in [-0.2, -0.15) is 0 Å². The number of benzene rings is 3. The second-order valence-corrected chi connectivity index (χ2v) is 8.30. The number of nitrogens with one attached hydrogen (secondary N) is 1. The predicted octanol–water partition coefficient (Wildman–Crippen LogP) is 5.63. The predicted molar refractivity (Wildman–Crippen MR) is 116 cm³/mol. The first-order valence-electron chi connectivity index (χ1n) is 10.2. The number of ether oxygens (including phenoxy) is 1. The number of para-hydroxylation sites is 1. The summed E-state index contributed by atoms with van der Waals surface area (Å²) >= 11 is 0.